The first-order chi connectivity index (χ1) is 10.7. The van der Waals surface area contributed by atoms with E-state index in [4.69, 9.17) is 4.42 Å². The molecule has 1 unspecified atom stereocenters. The second-order valence-corrected chi connectivity index (χ2v) is 5.84. The number of hydrogen-bond acceptors (Lipinski definition) is 3. The maximum Gasteiger partial charge on any atom is 0.289 e. The van der Waals surface area contributed by atoms with Gasteiger partial charge in [0.1, 0.15) is 5.58 Å². The first kappa shape index (κ1) is 13.1. The van der Waals surface area contributed by atoms with Crippen LogP contribution in [-0.2, 0) is 0 Å². The minimum atomic E-state index is -0.0393. The number of para-hydroxylation sites is 1. The topological polar surface area (TPSA) is 51.3 Å². The molecule has 112 valence electrons. The lowest BCUT2D eigenvalue weighted by Gasteiger charge is -2.15. The van der Waals surface area contributed by atoms with Crippen molar-refractivity contribution in [3.63, 3.8) is 0 Å². The van der Waals surface area contributed by atoms with Crippen molar-refractivity contribution in [1.29, 1.82) is 0 Å². The van der Waals surface area contributed by atoms with Crippen molar-refractivity contribution in [3.05, 3.63) is 54.0 Å². The number of carbonyl (C=O) groups excluding carboxylic acids is 1. The minimum Gasteiger partial charge on any atom is -0.451 e. The molecule has 1 saturated heterocycles. The average Bonchev–Trinajstić information content (AvgIpc) is 3.24. The summed E-state index contributed by atoms with van der Waals surface area (Å²) in [5.41, 5.74) is 1.89. The van der Waals surface area contributed by atoms with Gasteiger partial charge in [0.15, 0.2) is 5.76 Å². The quantitative estimate of drug-likeness (QED) is 0.730. The summed E-state index contributed by atoms with van der Waals surface area (Å²) >= 11 is 0. The molecule has 0 radical (unpaired) electrons. The molecule has 5 heteroatoms. The minimum absolute atomic E-state index is 0.0393. The van der Waals surface area contributed by atoms with Crippen LogP contribution in [0.2, 0.25) is 0 Å². The van der Waals surface area contributed by atoms with Crippen LogP contribution in [0.5, 0.6) is 0 Å². The molecule has 1 aromatic carbocycles. The number of rotatable bonds is 2. The summed E-state index contributed by atoms with van der Waals surface area (Å²) in [4.78, 5) is 14.4. The number of fused-ring (bicyclic) bond motifs is 1. The number of benzene rings is 1. The van der Waals surface area contributed by atoms with Gasteiger partial charge < -0.3 is 9.32 Å². The van der Waals surface area contributed by atoms with Gasteiger partial charge >= 0.3 is 0 Å². The van der Waals surface area contributed by atoms with Gasteiger partial charge in [-0.1, -0.05) is 18.2 Å². The van der Waals surface area contributed by atoms with Crippen molar-refractivity contribution >= 4 is 16.9 Å². The Morgan fingerprint density at radius 1 is 1.36 bits per heavy atom. The highest BCUT2D eigenvalue weighted by molar-refractivity contribution is 5.96. The number of hydrogen-bond donors (Lipinski definition) is 0. The second-order valence-electron chi connectivity index (χ2n) is 5.84. The molecule has 0 N–H and O–H groups in total. The Morgan fingerprint density at radius 3 is 3.00 bits per heavy atom. The predicted octanol–water partition coefficient (Wildman–Crippen LogP) is 3.02. The molecule has 1 atom stereocenters. The standard InChI is InChI=1S/C17H17N3O2/c1-12-9-18-20(10-12)14-6-7-19(11-14)17(21)16-8-13-4-2-3-5-15(13)22-16/h2-5,8-10,14H,6-7,11H2,1H3. The maximum absolute atomic E-state index is 12.6. The van der Waals surface area contributed by atoms with Crippen molar-refractivity contribution in [1.82, 2.24) is 14.7 Å². The summed E-state index contributed by atoms with van der Waals surface area (Å²) in [6.45, 7) is 3.44. The fourth-order valence-electron chi connectivity index (χ4n) is 3.02. The Hall–Kier alpha value is -2.56. The number of aromatic nitrogens is 2. The van der Waals surface area contributed by atoms with Crippen molar-refractivity contribution in [3.8, 4) is 0 Å². The third kappa shape index (κ3) is 2.19. The largest absolute Gasteiger partial charge is 0.451 e. The summed E-state index contributed by atoms with van der Waals surface area (Å²) in [5.74, 6) is 0.376. The van der Waals surface area contributed by atoms with Gasteiger partial charge in [-0.3, -0.25) is 9.48 Å². The molecule has 22 heavy (non-hydrogen) atoms. The van der Waals surface area contributed by atoms with Gasteiger partial charge in [-0.25, -0.2) is 0 Å². The number of nitrogens with zero attached hydrogens (tertiary/aromatic N) is 3. The van der Waals surface area contributed by atoms with Gasteiger partial charge in [0, 0.05) is 24.7 Å². The van der Waals surface area contributed by atoms with Crippen LogP contribution in [0, 0.1) is 6.92 Å². The van der Waals surface area contributed by atoms with Crippen LogP contribution >= 0.6 is 0 Å². The van der Waals surface area contributed by atoms with E-state index in [-0.39, 0.29) is 11.9 Å². The van der Waals surface area contributed by atoms with Crippen molar-refractivity contribution < 1.29 is 9.21 Å². The highest BCUT2D eigenvalue weighted by atomic mass is 16.3. The molecule has 0 bridgehead atoms. The van der Waals surface area contributed by atoms with Crippen LogP contribution in [-0.4, -0.2) is 33.7 Å². The lowest BCUT2D eigenvalue weighted by molar-refractivity contribution is 0.0758. The highest BCUT2D eigenvalue weighted by Gasteiger charge is 2.30. The molecule has 3 heterocycles. The molecule has 0 aliphatic carbocycles. The molecule has 1 aliphatic heterocycles. The predicted molar refractivity (Wildman–Crippen MR) is 82.7 cm³/mol. The Bertz CT molecular complexity index is 800. The number of aryl methyl sites for hydroxylation is 1. The van der Waals surface area contributed by atoms with Crippen LogP contribution in [0.1, 0.15) is 28.6 Å². The summed E-state index contributed by atoms with van der Waals surface area (Å²) in [6, 6.07) is 9.76. The zero-order valence-corrected chi connectivity index (χ0v) is 12.4. The number of furan rings is 1. The number of amides is 1. The van der Waals surface area contributed by atoms with Crippen LogP contribution in [0.4, 0.5) is 0 Å². The van der Waals surface area contributed by atoms with E-state index >= 15 is 0 Å². The van der Waals surface area contributed by atoms with E-state index in [0.29, 0.717) is 12.3 Å². The van der Waals surface area contributed by atoms with E-state index in [1.54, 1.807) is 0 Å². The molecule has 1 aliphatic rings. The van der Waals surface area contributed by atoms with Gasteiger partial charge in [0.25, 0.3) is 5.91 Å². The molecule has 3 aromatic rings. The number of carbonyl (C=O) groups is 1. The van der Waals surface area contributed by atoms with Crippen LogP contribution < -0.4 is 0 Å². The molecule has 5 nitrogen and oxygen atoms in total. The van der Waals surface area contributed by atoms with E-state index in [1.165, 1.54) is 0 Å². The van der Waals surface area contributed by atoms with Crippen LogP contribution in [0.3, 0.4) is 0 Å². The molecule has 2 aromatic heterocycles. The lowest BCUT2D eigenvalue weighted by Crippen LogP contribution is -2.28. The Morgan fingerprint density at radius 2 is 2.23 bits per heavy atom. The summed E-state index contributed by atoms with van der Waals surface area (Å²) < 4.78 is 7.63. The molecule has 1 fully saturated rings. The fourth-order valence-corrected chi connectivity index (χ4v) is 3.02. The van der Waals surface area contributed by atoms with E-state index in [0.717, 1.165) is 29.5 Å². The highest BCUT2D eigenvalue weighted by Crippen LogP contribution is 2.25. The third-order valence-corrected chi connectivity index (χ3v) is 4.19. The van der Waals surface area contributed by atoms with Crippen molar-refractivity contribution in [2.45, 2.75) is 19.4 Å². The zero-order chi connectivity index (χ0) is 15.1. The monoisotopic (exact) mass is 295 g/mol. The maximum atomic E-state index is 12.6. The molecule has 1 amide bonds. The first-order valence-corrected chi connectivity index (χ1v) is 7.49. The van der Waals surface area contributed by atoms with E-state index in [2.05, 4.69) is 5.10 Å². The Balaban J connectivity index is 1.53. The van der Waals surface area contributed by atoms with Crippen LogP contribution in [0.15, 0.2) is 47.1 Å². The van der Waals surface area contributed by atoms with E-state index in [9.17, 15) is 4.79 Å². The smallest absolute Gasteiger partial charge is 0.289 e. The lowest BCUT2D eigenvalue weighted by atomic mass is 10.2. The first-order valence-electron chi connectivity index (χ1n) is 7.49. The van der Waals surface area contributed by atoms with E-state index < -0.39 is 0 Å². The average molecular weight is 295 g/mol. The fraction of sp³-hybridized carbons (Fsp3) is 0.294. The van der Waals surface area contributed by atoms with Crippen molar-refractivity contribution in [2.24, 2.45) is 0 Å². The summed E-state index contributed by atoms with van der Waals surface area (Å²) in [7, 11) is 0. The SMILES string of the molecule is Cc1cnn(C2CCN(C(=O)c3cc4ccccc4o3)C2)c1. The van der Waals surface area contributed by atoms with Gasteiger partial charge in [-0.2, -0.15) is 5.10 Å². The van der Waals surface area contributed by atoms with Gasteiger partial charge in [-0.15, -0.1) is 0 Å². The van der Waals surface area contributed by atoms with E-state index in [1.807, 2.05) is 59.2 Å². The summed E-state index contributed by atoms with van der Waals surface area (Å²) in [5, 5.41) is 5.32. The Kier molecular flexibility index (Phi) is 2.99. The Labute approximate surface area is 128 Å². The zero-order valence-electron chi connectivity index (χ0n) is 12.4. The molecule has 0 spiro atoms. The van der Waals surface area contributed by atoms with Gasteiger partial charge in [-0.05, 0) is 31.0 Å². The van der Waals surface area contributed by atoms with Crippen LogP contribution in [0.25, 0.3) is 11.0 Å². The summed E-state index contributed by atoms with van der Waals surface area (Å²) in [6.07, 6.45) is 4.80. The van der Waals surface area contributed by atoms with Crippen molar-refractivity contribution in [2.75, 3.05) is 13.1 Å². The molecular formula is C17H17N3O2. The van der Waals surface area contributed by atoms with Gasteiger partial charge in [0.05, 0.1) is 12.2 Å². The van der Waals surface area contributed by atoms with Gasteiger partial charge in [0.2, 0.25) is 0 Å². The third-order valence-electron chi connectivity index (χ3n) is 4.19. The molecule has 4 rings (SSSR count). The second kappa shape index (κ2) is 5.02. The molecular weight excluding hydrogens is 278 g/mol. The normalized spacial score (nSPS) is 18.2. The number of likely N-dealkylation sites (tertiary alicyclic amines) is 1. The molecule has 0 saturated carbocycles.